The fraction of sp³-hybridized carbons (Fsp3) is 0.611. The summed E-state index contributed by atoms with van der Waals surface area (Å²) >= 11 is 0. The molecule has 3 rings (SSSR count). The molecule has 27 heavy (non-hydrogen) atoms. The molecule has 2 fully saturated rings. The highest BCUT2D eigenvalue weighted by Crippen LogP contribution is 2.17. The fourth-order valence-corrected chi connectivity index (χ4v) is 4.54. The molecule has 1 atom stereocenters. The van der Waals surface area contributed by atoms with Crippen LogP contribution in [0.25, 0.3) is 0 Å². The summed E-state index contributed by atoms with van der Waals surface area (Å²) in [5, 5.41) is 5.92. The van der Waals surface area contributed by atoms with Gasteiger partial charge >= 0.3 is 0 Å². The topological polar surface area (TPSA) is 97.0 Å². The van der Waals surface area contributed by atoms with Gasteiger partial charge in [0, 0.05) is 32.8 Å². The number of hydrogen-bond donors (Lipinski definition) is 2. The van der Waals surface area contributed by atoms with Crippen molar-refractivity contribution >= 4 is 15.9 Å². The van der Waals surface area contributed by atoms with E-state index in [2.05, 4.69) is 10.6 Å². The summed E-state index contributed by atoms with van der Waals surface area (Å²) in [6.07, 6.45) is 2.32. The first-order valence-corrected chi connectivity index (χ1v) is 10.8. The van der Waals surface area contributed by atoms with Crippen LogP contribution in [0.15, 0.2) is 29.2 Å². The van der Waals surface area contributed by atoms with Crippen LogP contribution in [0.2, 0.25) is 0 Å². The third kappa shape index (κ3) is 5.73. The Hall–Kier alpha value is -1.52. The molecule has 9 heteroatoms. The molecule has 1 aromatic carbocycles. The van der Waals surface area contributed by atoms with Crippen molar-refractivity contribution in [3.8, 4) is 0 Å². The Morgan fingerprint density at radius 2 is 1.89 bits per heavy atom. The summed E-state index contributed by atoms with van der Waals surface area (Å²) < 4.78 is 37.3. The Kier molecular flexibility index (Phi) is 7.20. The predicted molar refractivity (Wildman–Crippen MR) is 99.7 cm³/mol. The van der Waals surface area contributed by atoms with E-state index in [1.165, 1.54) is 4.31 Å². The zero-order valence-electron chi connectivity index (χ0n) is 15.4. The van der Waals surface area contributed by atoms with Gasteiger partial charge in [0.15, 0.2) is 0 Å². The Bertz CT molecular complexity index is 711. The van der Waals surface area contributed by atoms with Crippen LogP contribution in [0.4, 0.5) is 0 Å². The van der Waals surface area contributed by atoms with Crippen LogP contribution < -0.4 is 10.6 Å². The van der Waals surface area contributed by atoms with Gasteiger partial charge in [-0.2, -0.15) is 4.31 Å². The molecule has 0 radical (unpaired) electrons. The first kappa shape index (κ1) is 20.2. The van der Waals surface area contributed by atoms with Gasteiger partial charge in [-0.15, -0.1) is 0 Å². The molecule has 2 saturated heterocycles. The minimum atomic E-state index is -3.49. The van der Waals surface area contributed by atoms with E-state index in [4.69, 9.17) is 9.47 Å². The Labute approximate surface area is 160 Å². The molecule has 2 aliphatic rings. The van der Waals surface area contributed by atoms with Crippen LogP contribution >= 0.6 is 0 Å². The number of hydrogen-bond acceptors (Lipinski definition) is 6. The van der Waals surface area contributed by atoms with Crippen molar-refractivity contribution in [3.63, 3.8) is 0 Å². The average molecular weight is 397 g/mol. The van der Waals surface area contributed by atoms with Crippen molar-refractivity contribution in [3.05, 3.63) is 29.8 Å². The molecule has 1 amide bonds. The van der Waals surface area contributed by atoms with E-state index in [1.54, 1.807) is 24.3 Å². The molecule has 0 aliphatic carbocycles. The lowest BCUT2D eigenvalue weighted by Gasteiger charge is -2.26. The van der Waals surface area contributed by atoms with Crippen molar-refractivity contribution < 1.29 is 22.7 Å². The van der Waals surface area contributed by atoms with Gasteiger partial charge in [-0.25, -0.2) is 8.42 Å². The number of nitrogens with zero attached hydrogens (tertiary/aromatic N) is 1. The molecule has 2 aliphatic heterocycles. The highest BCUT2D eigenvalue weighted by molar-refractivity contribution is 7.89. The highest BCUT2D eigenvalue weighted by atomic mass is 32.2. The van der Waals surface area contributed by atoms with E-state index < -0.39 is 10.0 Å². The Morgan fingerprint density at radius 1 is 1.15 bits per heavy atom. The maximum absolute atomic E-state index is 12.6. The third-order valence-electron chi connectivity index (χ3n) is 4.70. The van der Waals surface area contributed by atoms with Crippen molar-refractivity contribution in [2.24, 2.45) is 0 Å². The van der Waals surface area contributed by atoms with E-state index in [9.17, 15) is 13.2 Å². The normalized spacial score (nSPS) is 21.3. The lowest BCUT2D eigenvalue weighted by Crippen LogP contribution is -2.40. The van der Waals surface area contributed by atoms with Crippen molar-refractivity contribution in [2.45, 2.75) is 30.4 Å². The van der Waals surface area contributed by atoms with Crippen LogP contribution in [0.1, 0.15) is 18.4 Å². The number of benzene rings is 1. The van der Waals surface area contributed by atoms with Gasteiger partial charge in [-0.1, -0.05) is 12.1 Å². The van der Waals surface area contributed by atoms with Crippen molar-refractivity contribution in [1.29, 1.82) is 0 Å². The molecule has 0 aromatic heterocycles. The molecule has 8 nitrogen and oxygen atoms in total. The monoisotopic (exact) mass is 397 g/mol. The Balaban J connectivity index is 1.43. The third-order valence-corrected chi connectivity index (χ3v) is 6.62. The number of carbonyl (C=O) groups excluding carboxylic acids is 1. The lowest BCUT2D eigenvalue weighted by atomic mass is 10.2. The van der Waals surface area contributed by atoms with Gasteiger partial charge in [0.2, 0.25) is 15.9 Å². The van der Waals surface area contributed by atoms with E-state index in [1.807, 2.05) is 0 Å². The fourth-order valence-electron chi connectivity index (χ4n) is 3.13. The number of carbonyl (C=O) groups is 1. The first-order valence-electron chi connectivity index (χ1n) is 9.31. The number of ether oxygens (including phenoxy) is 2. The first-order chi connectivity index (χ1) is 13.1. The number of rotatable bonds is 8. The van der Waals surface area contributed by atoms with Gasteiger partial charge in [0.1, 0.15) is 0 Å². The van der Waals surface area contributed by atoms with Crippen LogP contribution in [-0.4, -0.2) is 70.7 Å². The maximum atomic E-state index is 12.6. The van der Waals surface area contributed by atoms with E-state index in [-0.39, 0.29) is 23.5 Å². The number of morpholine rings is 1. The van der Waals surface area contributed by atoms with E-state index >= 15 is 0 Å². The van der Waals surface area contributed by atoms with Crippen LogP contribution in [-0.2, 0) is 30.8 Å². The molecule has 150 valence electrons. The second kappa shape index (κ2) is 9.61. The van der Waals surface area contributed by atoms with E-state index in [0.29, 0.717) is 39.4 Å². The predicted octanol–water partition coefficient (Wildman–Crippen LogP) is 0.0923. The van der Waals surface area contributed by atoms with Crippen LogP contribution in [0.5, 0.6) is 0 Å². The molecule has 0 saturated carbocycles. The van der Waals surface area contributed by atoms with Gasteiger partial charge in [0.25, 0.3) is 0 Å². The summed E-state index contributed by atoms with van der Waals surface area (Å²) in [6.45, 7) is 3.67. The lowest BCUT2D eigenvalue weighted by molar-refractivity contribution is -0.120. The second-order valence-corrected chi connectivity index (χ2v) is 8.64. The van der Waals surface area contributed by atoms with Crippen LogP contribution in [0.3, 0.4) is 0 Å². The molecule has 0 bridgehead atoms. The van der Waals surface area contributed by atoms with Gasteiger partial charge in [0.05, 0.1) is 30.8 Å². The summed E-state index contributed by atoms with van der Waals surface area (Å²) in [7, 11) is -3.49. The average Bonchev–Trinajstić information content (AvgIpc) is 3.21. The summed E-state index contributed by atoms with van der Waals surface area (Å²) in [5.41, 5.74) is 0.850. The van der Waals surface area contributed by atoms with Crippen molar-refractivity contribution in [2.75, 3.05) is 46.0 Å². The molecule has 1 unspecified atom stereocenters. The number of nitrogens with one attached hydrogen (secondary N) is 2. The SMILES string of the molecule is O=C(CNCC1CCCO1)NCc1ccc(S(=O)(=O)N2CCOCC2)cc1. The van der Waals surface area contributed by atoms with E-state index in [0.717, 1.165) is 25.0 Å². The van der Waals surface area contributed by atoms with Crippen LogP contribution in [0, 0.1) is 0 Å². The zero-order chi connectivity index (χ0) is 19.1. The molecular weight excluding hydrogens is 370 g/mol. The smallest absolute Gasteiger partial charge is 0.243 e. The summed E-state index contributed by atoms with van der Waals surface area (Å²) in [6, 6.07) is 6.63. The highest BCUT2D eigenvalue weighted by Gasteiger charge is 2.26. The maximum Gasteiger partial charge on any atom is 0.243 e. The second-order valence-electron chi connectivity index (χ2n) is 6.70. The van der Waals surface area contributed by atoms with Gasteiger partial charge in [-0.05, 0) is 30.5 Å². The standard InChI is InChI=1S/C18H27N3O5S/c22-18(14-19-13-16-2-1-9-26-16)20-12-15-3-5-17(6-4-15)27(23,24)21-7-10-25-11-8-21/h3-6,16,19H,1-2,7-14H2,(H,20,22). The minimum absolute atomic E-state index is 0.0991. The minimum Gasteiger partial charge on any atom is -0.379 e. The number of sulfonamides is 1. The summed E-state index contributed by atoms with van der Waals surface area (Å²) in [4.78, 5) is 12.2. The number of amides is 1. The zero-order valence-corrected chi connectivity index (χ0v) is 16.2. The van der Waals surface area contributed by atoms with Gasteiger partial charge < -0.3 is 20.1 Å². The molecule has 0 spiro atoms. The van der Waals surface area contributed by atoms with Gasteiger partial charge in [-0.3, -0.25) is 4.79 Å². The molecule has 2 heterocycles. The van der Waals surface area contributed by atoms with Crippen molar-refractivity contribution in [1.82, 2.24) is 14.9 Å². The molecular formula is C18H27N3O5S. The quantitative estimate of drug-likeness (QED) is 0.646. The Morgan fingerprint density at radius 3 is 2.56 bits per heavy atom. The molecule has 2 N–H and O–H groups in total. The largest absolute Gasteiger partial charge is 0.379 e. The summed E-state index contributed by atoms with van der Waals surface area (Å²) in [5.74, 6) is -0.0991. The molecule has 1 aromatic rings.